The summed E-state index contributed by atoms with van der Waals surface area (Å²) < 4.78 is 11.6. The minimum atomic E-state index is 0.181. The highest BCUT2D eigenvalue weighted by Crippen LogP contribution is 2.25. The Kier molecular flexibility index (Phi) is 8.64. The molecule has 31 heavy (non-hydrogen) atoms. The van der Waals surface area contributed by atoms with Gasteiger partial charge in [-0.3, -0.25) is 0 Å². The molecular formula is C24H22Cl2N2O3. The van der Waals surface area contributed by atoms with Gasteiger partial charge in [0.15, 0.2) is 0 Å². The fourth-order valence-corrected chi connectivity index (χ4v) is 2.82. The molecule has 5 nitrogen and oxygen atoms in total. The summed E-state index contributed by atoms with van der Waals surface area (Å²) in [5.74, 6) is 2.13. The molecule has 0 unspecified atom stereocenters. The van der Waals surface area contributed by atoms with Crippen molar-refractivity contribution < 1.29 is 14.3 Å². The Morgan fingerprint density at radius 3 is 2.10 bits per heavy atom. The Hall–Kier alpha value is -3.15. The second-order valence-corrected chi connectivity index (χ2v) is 7.35. The zero-order chi connectivity index (χ0) is 21.9. The Morgan fingerprint density at radius 2 is 1.48 bits per heavy atom. The van der Waals surface area contributed by atoms with Gasteiger partial charge in [-0.1, -0.05) is 58.7 Å². The first-order valence-electron chi connectivity index (χ1n) is 9.55. The number of anilines is 1. The smallest absolute Gasteiger partial charge is 0.127 e. The first-order valence-corrected chi connectivity index (χ1v) is 10.3. The van der Waals surface area contributed by atoms with Gasteiger partial charge in [-0.25, -0.2) is 0 Å². The summed E-state index contributed by atoms with van der Waals surface area (Å²) in [6, 6.07) is 24.9. The van der Waals surface area contributed by atoms with E-state index in [1.54, 1.807) is 13.2 Å². The van der Waals surface area contributed by atoms with Crippen LogP contribution in [0.25, 0.3) is 0 Å². The van der Waals surface area contributed by atoms with Crippen LogP contribution in [-0.4, -0.2) is 26.0 Å². The molecule has 0 amide bonds. The molecule has 7 heteroatoms. The molecule has 0 atom stereocenters. The van der Waals surface area contributed by atoms with E-state index in [0.29, 0.717) is 24.7 Å². The van der Waals surface area contributed by atoms with Crippen molar-refractivity contribution in [1.29, 1.82) is 0 Å². The van der Waals surface area contributed by atoms with E-state index in [0.717, 1.165) is 22.7 Å². The van der Waals surface area contributed by atoms with E-state index >= 15 is 0 Å². The number of rotatable bonds is 10. The van der Waals surface area contributed by atoms with Gasteiger partial charge in [0.05, 0.1) is 6.54 Å². The topological polar surface area (TPSA) is 52.1 Å². The number of ether oxygens (including phenoxy) is 2. The molecule has 0 spiro atoms. The number of hydrogen-bond donors (Lipinski definition) is 1. The van der Waals surface area contributed by atoms with E-state index in [1.165, 1.54) is 0 Å². The number of oxime groups is 1. The van der Waals surface area contributed by atoms with Gasteiger partial charge in [0.1, 0.15) is 41.2 Å². The second-order valence-electron chi connectivity index (χ2n) is 6.34. The fraction of sp³-hybridized carbons (Fsp3) is 0.125. The molecular weight excluding hydrogens is 435 g/mol. The van der Waals surface area contributed by atoms with Crippen LogP contribution in [0.2, 0.25) is 0 Å². The maximum absolute atomic E-state index is 5.88. The molecule has 0 bridgehead atoms. The van der Waals surface area contributed by atoms with Crippen molar-refractivity contribution in [2.45, 2.75) is 0 Å². The summed E-state index contributed by atoms with van der Waals surface area (Å²) in [7, 11) is 1.54. The van der Waals surface area contributed by atoms with Gasteiger partial charge in [0, 0.05) is 11.3 Å². The number of benzene rings is 3. The molecule has 3 aromatic carbocycles. The molecule has 0 aromatic heterocycles. The average molecular weight is 457 g/mol. The van der Waals surface area contributed by atoms with Gasteiger partial charge >= 0.3 is 0 Å². The molecule has 0 fully saturated rings. The van der Waals surface area contributed by atoms with E-state index in [-0.39, 0.29) is 4.49 Å². The molecule has 3 aromatic rings. The van der Waals surface area contributed by atoms with E-state index in [4.69, 9.17) is 37.5 Å². The lowest BCUT2D eigenvalue weighted by atomic mass is 10.1. The van der Waals surface area contributed by atoms with Crippen molar-refractivity contribution in [1.82, 2.24) is 0 Å². The van der Waals surface area contributed by atoms with Crippen molar-refractivity contribution in [2.75, 3.05) is 25.6 Å². The van der Waals surface area contributed by atoms with E-state index in [1.807, 2.05) is 78.9 Å². The van der Waals surface area contributed by atoms with Crippen LogP contribution in [0.3, 0.4) is 0 Å². The lowest BCUT2D eigenvalue weighted by Gasteiger charge is -2.11. The van der Waals surface area contributed by atoms with Crippen molar-refractivity contribution in [3.05, 3.63) is 95.0 Å². The molecule has 0 saturated carbocycles. The van der Waals surface area contributed by atoms with Gasteiger partial charge in [-0.2, -0.15) is 0 Å². The highest BCUT2D eigenvalue weighted by Gasteiger charge is 2.05. The maximum atomic E-state index is 5.88. The van der Waals surface area contributed by atoms with Crippen LogP contribution >= 0.6 is 23.2 Å². The third kappa shape index (κ3) is 7.55. The van der Waals surface area contributed by atoms with E-state index < -0.39 is 0 Å². The monoisotopic (exact) mass is 456 g/mol. The highest BCUT2D eigenvalue weighted by molar-refractivity contribution is 6.55. The van der Waals surface area contributed by atoms with Crippen molar-refractivity contribution >= 4 is 34.6 Å². The molecule has 1 N–H and O–H groups in total. The van der Waals surface area contributed by atoms with Gasteiger partial charge < -0.3 is 19.6 Å². The molecule has 0 radical (unpaired) electrons. The predicted octanol–water partition coefficient (Wildman–Crippen LogP) is 6.64. The Labute approximate surface area is 191 Å². The number of nitrogens with zero attached hydrogens (tertiary/aromatic N) is 1. The quantitative estimate of drug-likeness (QED) is 0.274. The Morgan fingerprint density at radius 1 is 0.871 bits per heavy atom. The summed E-state index contributed by atoms with van der Waals surface area (Å²) in [5.41, 5.74) is 2.77. The maximum Gasteiger partial charge on any atom is 0.127 e. The molecule has 3 rings (SSSR count). The zero-order valence-electron chi connectivity index (χ0n) is 16.9. The van der Waals surface area contributed by atoms with Crippen LogP contribution < -0.4 is 14.8 Å². The summed E-state index contributed by atoms with van der Waals surface area (Å²) in [4.78, 5) is 4.98. The van der Waals surface area contributed by atoms with Crippen LogP contribution in [0.15, 0.2) is 94.6 Å². The summed E-state index contributed by atoms with van der Waals surface area (Å²) >= 11 is 11.1. The van der Waals surface area contributed by atoms with Gasteiger partial charge in [0.25, 0.3) is 0 Å². The largest absolute Gasteiger partial charge is 0.489 e. The molecule has 0 saturated heterocycles. The average Bonchev–Trinajstić information content (AvgIpc) is 2.79. The Bertz CT molecular complexity index is 1000. The van der Waals surface area contributed by atoms with Crippen molar-refractivity contribution in [3.63, 3.8) is 0 Å². The highest BCUT2D eigenvalue weighted by atomic mass is 35.5. The van der Waals surface area contributed by atoms with E-state index in [2.05, 4.69) is 10.5 Å². The normalized spacial score (nSPS) is 10.9. The van der Waals surface area contributed by atoms with Crippen LogP contribution in [0.4, 0.5) is 5.69 Å². The third-order valence-corrected chi connectivity index (χ3v) is 4.48. The lowest BCUT2D eigenvalue weighted by Crippen LogP contribution is -2.15. The van der Waals surface area contributed by atoms with Crippen LogP contribution in [0.5, 0.6) is 17.2 Å². The van der Waals surface area contributed by atoms with Crippen LogP contribution in [0, 0.1) is 0 Å². The molecule has 0 aliphatic rings. The van der Waals surface area contributed by atoms with E-state index in [9.17, 15) is 0 Å². The lowest BCUT2D eigenvalue weighted by molar-refractivity contribution is 0.213. The zero-order valence-corrected chi connectivity index (χ0v) is 18.4. The predicted molar refractivity (Wildman–Crippen MR) is 127 cm³/mol. The van der Waals surface area contributed by atoms with Gasteiger partial charge in [-0.15, -0.1) is 0 Å². The van der Waals surface area contributed by atoms with Crippen LogP contribution in [-0.2, 0) is 4.84 Å². The SMILES string of the molecule is CON=C(CNc1ccc(Oc2ccc(OCC=C(Cl)Cl)cc2)cc1)c1ccccc1. The molecule has 0 aliphatic heterocycles. The van der Waals surface area contributed by atoms with Crippen molar-refractivity contribution in [3.8, 4) is 17.2 Å². The number of nitrogens with one attached hydrogen (secondary N) is 1. The standard InChI is InChI=1S/C24H22Cl2N2O3/c1-29-28-23(18-5-3-2-4-6-18)17-27-19-7-9-21(10-8-19)31-22-13-11-20(12-14-22)30-16-15-24(25)26/h2-15,27H,16-17H2,1H3. The summed E-state index contributed by atoms with van der Waals surface area (Å²) in [6.45, 7) is 0.835. The fourth-order valence-electron chi connectivity index (χ4n) is 2.70. The summed E-state index contributed by atoms with van der Waals surface area (Å²) in [5, 5.41) is 7.47. The summed E-state index contributed by atoms with van der Waals surface area (Å²) in [6.07, 6.45) is 1.58. The molecule has 160 valence electrons. The minimum absolute atomic E-state index is 0.181. The number of hydrogen-bond acceptors (Lipinski definition) is 5. The first-order chi connectivity index (χ1) is 15.1. The van der Waals surface area contributed by atoms with Gasteiger partial charge in [-0.05, 0) is 54.6 Å². The molecule has 0 heterocycles. The molecule has 0 aliphatic carbocycles. The second kappa shape index (κ2) is 11.9. The van der Waals surface area contributed by atoms with Gasteiger partial charge in [0.2, 0.25) is 0 Å². The van der Waals surface area contributed by atoms with Crippen LogP contribution in [0.1, 0.15) is 5.56 Å². The third-order valence-electron chi connectivity index (χ3n) is 4.17. The minimum Gasteiger partial charge on any atom is -0.489 e. The number of halogens is 2. The first kappa shape index (κ1) is 22.5. The van der Waals surface area contributed by atoms with Crippen molar-refractivity contribution in [2.24, 2.45) is 5.16 Å². The Balaban J connectivity index is 1.54.